The van der Waals surface area contributed by atoms with Crippen LogP contribution in [-0.4, -0.2) is 20.6 Å². The minimum Gasteiger partial charge on any atom is -0.481 e. The maximum Gasteiger partial charge on any atom is 0.310 e. The molecular formula is C10H13BrN2O3. The number of aliphatic carboxylic acids is 1. The van der Waals surface area contributed by atoms with Crippen molar-refractivity contribution in [3.05, 3.63) is 26.8 Å². The Morgan fingerprint density at radius 3 is 2.69 bits per heavy atom. The molecule has 0 saturated heterocycles. The average Bonchev–Trinajstić information content (AvgIpc) is 2.18. The summed E-state index contributed by atoms with van der Waals surface area (Å²) >= 11 is 3.08. The van der Waals surface area contributed by atoms with Crippen LogP contribution in [0.15, 0.2) is 15.5 Å². The van der Waals surface area contributed by atoms with Gasteiger partial charge in [0.2, 0.25) is 0 Å². The summed E-state index contributed by atoms with van der Waals surface area (Å²) in [4.78, 5) is 26.8. The number of hydrogen-bond donors (Lipinski definition) is 1. The zero-order valence-corrected chi connectivity index (χ0v) is 10.9. The second-order valence-corrected chi connectivity index (χ2v) is 5.09. The van der Waals surface area contributed by atoms with Gasteiger partial charge in [0.1, 0.15) is 10.3 Å². The molecule has 6 heteroatoms. The van der Waals surface area contributed by atoms with Crippen molar-refractivity contribution in [2.45, 2.75) is 27.3 Å². The smallest absolute Gasteiger partial charge is 0.310 e. The van der Waals surface area contributed by atoms with Crippen LogP contribution >= 0.6 is 15.9 Å². The van der Waals surface area contributed by atoms with Crippen LogP contribution in [0.25, 0.3) is 0 Å². The lowest BCUT2D eigenvalue weighted by molar-refractivity contribution is -0.147. The van der Waals surface area contributed by atoms with Crippen LogP contribution in [0.3, 0.4) is 0 Å². The predicted molar refractivity (Wildman–Crippen MR) is 62.4 cm³/mol. The molecule has 0 bridgehead atoms. The number of carboxylic acids is 1. The lowest BCUT2D eigenvalue weighted by Gasteiger charge is -2.21. The topological polar surface area (TPSA) is 72.2 Å². The summed E-state index contributed by atoms with van der Waals surface area (Å²) < 4.78 is 1.69. The standard InChI is InChI=1S/C10H13BrN2O3/c1-6-12-4-7(11)8(14)13(6)5-10(2,3)9(15)16/h4H,5H2,1-3H3,(H,15,16). The van der Waals surface area contributed by atoms with Crippen molar-refractivity contribution < 1.29 is 9.90 Å². The molecule has 0 aliphatic rings. The van der Waals surface area contributed by atoms with Gasteiger partial charge in [-0.3, -0.25) is 14.2 Å². The third-order valence-electron chi connectivity index (χ3n) is 2.34. The van der Waals surface area contributed by atoms with Gasteiger partial charge in [0.25, 0.3) is 5.56 Å². The van der Waals surface area contributed by atoms with E-state index in [9.17, 15) is 9.59 Å². The van der Waals surface area contributed by atoms with Crippen molar-refractivity contribution in [3.8, 4) is 0 Å². The molecule has 0 unspecified atom stereocenters. The first-order valence-electron chi connectivity index (χ1n) is 4.71. The zero-order chi connectivity index (χ0) is 12.5. The van der Waals surface area contributed by atoms with Gasteiger partial charge in [0.15, 0.2) is 0 Å². The van der Waals surface area contributed by atoms with E-state index in [0.29, 0.717) is 10.3 Å². The first-order valence-corrected chi connectivity index (χ1v) is 5.50. The fourth-order valence-electron chi connectivity index (χ4n) is 1.20. The highest BCUT2D eigenvalue weighted by Crippen LogP contribution is 2.18. The van der Waals surface area contributed by atoms with E-state index in [2.05, 4.69) is 20.9 Å². The normalized spacial score (nSPS) is 11.5. The second kappa shape index (κ2) is 4.37. The molecule has 1 N–H and O–H groups in total. The first kappa shape index (κ1) is 12.9. The number of aromatic nitrogens is 2. The average molecular weight is 289 g/mol. The van der Waals surface area contributed by atoms with E-state index >= 15 is 0 Å². The van der Waals surface area contributed by atoms with Crippen molar-refractivity contribution in [1.82, 2.24) is 9.55 Å². The molecule has 0 aliphatic carbocycles. The number of nitrogens with zero attached hydrogens (tertiary/aromatic N) is 2. The highest BCUT2D eigenvalue weighted by Gasteiger charge is 2.28. The summed E-state index contributed by atoms with van der Waals surface area (Å²) in [5.74, 6) is -0.443. The molecule has 0 fully saturated rings. The first-order chi connectivity index (χ1) is 7.25. The van der Waals surface area contributed by atoms with Crippen LogP contribution in [0.5, 0.6) is 0 Å². The van der Waals surface area contributed by atoms with E-state index < -0.39 is 11.4 Å². The van der Waals surface area contributed by atoms with Gasteiger partial charge in [-0.25, -0.2) is 4.98 Å². The summed E-state index contributed by atoms with van der Waals surface area (Å²) in [6.07, 6.45) is 1.42. The van der Waals surface area contributed by atoms with Crippen LogP contribution in [0.1, 0.15) is 19.7 Å². The quantitative estimate of drug-likeness (QED) is 0.913. The van der Waals surface area contributed by atoms with Crippen molar-refractivity contribution in [3.63, 3.8) is 0 Å². The molecule has 1 rings (SSSR count). The predicted octanol–water partition coefficient (Wildman–Crippen LogP) is 1.43. The fourth-order valence-corrected chi connectivity index (χ4v) is 1.52. The SMILES string of the molecule is Cc1ncc(Br)c(=O)n1CC(C)(C)C(=O)O. The molecule has 1 heterocycles. The van der Waals surface area contributed by atoms with Gasteiger partial charge in [-0.15, -0.1) is 0 Å². The molecule has 0 atom stereocenters. The van der Waals surface area contributed by atoms with Crippen molar-refractivity contribution >= 4 is 21.9 Å². The number of carbonyl (C=O) groups is 1. The molecule has 1 aromatic rings. The summed E-state index contributed by atoms with van der Waals surface area (Å²) in [6.45, 7) is 4.91. The zero-order valence-electron chi connectivity index (χ0n) is 9.32. The van der Waals surface area contributed by atoms with Crippen LogP contribution in [-0.2, 0) is 11.3 Å². The van der Waals surface area contributed by atoms with E-state index in [-0.39, 0.29) is 12.1 Å². The van der Waals surface area contributed by atoms with Gasteiger partial charge in [0, 0.05) is 12.7 Å². The van der Waals surface area contributed by atoms with Crippen molar-refractivity contribution in [1.29, 1.82) is 0 Å². The van der Waals surface area contributed by atoms with E-state index in [1.165, 1.54) is 10.8 Å². The highest BCUT2D eigenvalue weighted by molar-refractivity contribution is 9.10. The van der Waals surface area contributed by atoms with Crippen LogP contribution in [0, 0.1) is 12.3 Å². The Morgan fingerprint density at radius 1 is 1.62 bits per heavy atom. The van der Waals surface area contributed by atoms with Gasteiger partial charge < -0.3 is 5.11 Å². The second-order valence-electron chi connectivity index (χ2n) is 4.23. The monoisotopic (exact) mass is 288 g/mol. The van der Waals surface area contributed by atoms with Crippen LogP contribution < -0.4 is 5.56 Å². The number of carboxylic acid groups (broad SMARTS) is 1. The highest BCUT2D eigenvalue weighted by atomic mass is 79.9. The summed E-state index contributed by atoms with van der Waals surface area (Å²) in [7, 11) is 0. The van der Waals surface area contributed by atoms with Gasteiger partial charge in [-0.05, 0) is 36.7 Å². The molecule has 88 valence electrons. The van der Waals surface area contributed by atoms with Gasteiger partial charge in [0.05, 0.1) is 5.41 Å². The Labute approximate surface area is 101 Å². The molecule has 0 aliphatic heterocycles. The fraction of sp³-hybridized carbons (Fsp3) is 0.500. The Hall–Kier alpha value is -1.17. The summed E-state index contributed by atoms with van der Waals surface area (Å²) in [5, 5.41) is 9.01. The van der Waals surface area contributed by atoms with Gasteiger partial charge in [-0.2, -0.15) is 0 Å². The molecular weight excluding hydrogens is 276 g/mol. The number of hydrogen-bond acceptors (Lipinski definition) is 3. The molecule has 0 amide bonds. The Kier molecular flexibility index (Phi) is 3.52. The summed E-state index contributed by atoms with van der Waals surface area (Å²) in [5.41, 5.74) is -1.27. The van der Waals surface area contributed by atoms with Crippen molar-refractivity contribution in [2.24, 2.45) is 5.41 Å². The Bertz CT molecular complexity index is 479. The largest absolute Gasteiger partial charge is 0.481 e. The van der Waals surface area contributed by atoms with Gasteiger partial charge >= 0.3 is 5.97 Å². The maximum atomic E-state index is 11.8. The third kappa shape index (κ3) is 2.49. The van der Waals surface area contributed by atoms with E-state index in [0.717, 1.165) is 0 Å². The van der Waals surface area contributed by atoms with Crippen molar-refractivity contribution in [2.75, 3.05) is 0 Å². The van der Waals surface area contributed by atoms with Crippen LogP contribution in [0.2, 0.25) is 0 Å². The van der Waals surface area contributed by atoms with Crippen LogP contribution in [0.4, 0.5) is 0 Å². The van der Waals surface area contributed by atoms with E-state index in [1.807, 2.05) is 0 Å². The molecule has 1 aromatic heterocycles. The Morgan fingerprint density at radius 2 is 2.19 bits per heavy atom. The number of halogens is 1. The third-order valence-corrected chi connectivity index (χ3v) is 2.88. The lowest BCUT2D eigenvalue weighted by atomic mass is 9.94. The van der Waals surface area contributed by atoms with E-state index in [4.69, 9.17) is 5.11 Å². The minimum absolute atomic E-state index is 0.0967. The lowest BCUT2D eigenvalue weighted by Crippen LogP contribution is -2.35. The molecule has 0 aromatic carbocycles. The molecule has 0 radical (unpaired) electrons. The number of rotatable bonds is 3. The molecule has 0 spiro atoms. The molecule has 0 saturated carbocycles. The number of aryl methyl sites for hydroxylation is 1. The maximum absolute atomic E-state index is 11.8. The summed E-state index contributed by atoms with van der Waals surface area (Å²) in [6, 6.07) is 0. The van der Waals surface area contributed by atoms with E-state index in [1.54, 1.807) is 20.8 Å². The Balaban J connectivity index is 3.21. The minimum atomic E-state index is -1.00. The molecule has 16 heavy (non-hydrogen) atoms. The van der Waals surface area contributed by atoms with Gasteiger partial charge in [-0.1, -0.05) is 0 Å². The molecule has 5 nitrogen and oxygen atoms in total.